The van der Waals surface area contributed by atoms with Gasteiger partial charge in [-0.3, -0.25) is 10.1 Å². The lowest BCUT2D eigenvalue weighted by molar-refractivity contribution is -0.384. The van der Waals surface area contributed by atoms with E-state index in [4.69, 9.17) is 10.5 Å². The number of hydrogen-bond donors (Lipinski definition) is 1. The van der Waals surface area contributed by atoms with E-state index in [0.29, 0.717) is 5.56 Å². The van der Waals surface area contributed by atoms with Crippen molar-refractivity contribution in [3.63, 3.8) is 0 Å². The van der Waals surface area contributed by atoms with Crippen LogP contribution in [0.15, 0.2) is 42.5 Å². The first kappa shape index (κ1) is 13.5. The number of nitrogens with two attached hydrogens (primary N) is 1. The van der Waals surface area contributed by atoms with Gasteiger partial charge in [0.05, 0.1) is 22.2 Å². The Balaban J connectivity index is 2.30. The number of ether oxygens (including phenoxy) is 1. The standard InChI is InChI=1S/C14H12N2O4/c1-9-4-2-3-5-11(9)14(17)20-13-8-10(16(18)19)6-7-12(13)15/h2-8H,15H2,1H3. The molecule has 0 heterocycles. The number of carbonyl (C=O) groups excluding carboxylic acids is 1. The van der Waals surface area contributed by atoms with Crippen molar-refractivity contribution in [3.05, 3.63) is 63.7 Å². The highest BCUT2D eigenvalue weighted by Crippen LogP contribution is 2.27. The number of hydrogen-bond acceptors (Lipinski definition) is 5. The summed E-state index contributed by atoms with van der Waals surface area (Å²) in [5.74, 6) is -0.622. The molecule has 0 bridgehead atoms. The maximum atomic E-state index is 12.0. The van der Waals surface area contributed by atoms with Gasteiger partial charge in [0.15, 0.2) is 5.75 Å². The van der Waals surface area contributed by atoms with Gasteiger partial charge in [-0.1, -0.05) is 18.2 Å². The molecule has 0 amide bonds. The predicted octanol–water partition coefficient (Wildman–Crippen LogP) is 2.70. The number of aryl methyl sites for hydroxylation is 1. The van der Waals surface area contributed by atoms with Gasteiger partial charge in [-0.25, -0.2) is 4.79 Å². The van der Waals surface area contributed by atoms with Gasteiger partial charge in [0.25, 0.3) is 5.69 Å². The van der Waals surface area contributed by atoms with Gasteiger partial charge >= 0.3 is 5.97 Å². The van der Waals surface area contributed by atoms with E-state index >= 15 is 0 Å². The minimum absolute atomic E-state index is 0.0209. The molecule has 0 aliphatic heterocycles. The highest BCUT2D eigenvalue weighted by molar-refractivity contribution is 5.93. The number of nitrogen functional groups attached to an aromatic ring is 1. The van der Waals surface area contributed by atoms with Crippen molar-refractivity contribution < 1.29 is 14.5 Å². The number of nitro benzene ring substituents is 1. The second kappa shape index (κ2) is 5.40. The molecule has 6 heteroatoms. The van der Waals surface area contributed by atoms with Crippen molar-refractivity contribution in [3.8, 4) is 5.75 Å². The number of benzene rings is 2. The second-order valence-corrected chi connectivity index (χ2v) is 4.18. The highest BCUT2D eigenvalue weighted by atomic mass is 16.6. The van der Waals surface area contributed by atoms with Crippen LogP contribution in [-0.2, 0) is 0 Å². The fraction of sp³-hybridized carbons (Fsp3) is 0.0714. The van der Waals surface area contributed by atoms with E-state index in [-0.39, 0.29) is 17.1 Å². The molecule has 0 aliphatic carbocycles. The van der Waals surface area contributed by atoms with Crippen LogP contribution in [0.25, 0.3) is 0 Å². The first-order chi connectivity index (χ1) is 9.49. The molecule has 2 aromatic rings. The van der Waals surface area contributed by atoms with Crippen LogP contribution < -0.4 is 10.5 Å². The van der Waals surface area contributed by atoms with E-state index in [0.717, 1.165) is 11.6 Å². The summed E-state index contributed by atoms with van der Waals surface area (Å²) in [5, 5.41) is 10.7. The molecule has 6 nitrogen and oxygen atoms in total. The molecule has 0 saturated heterocycles. The van der Waals surface area contributed by atoms with E-state index in [1.54, 1.807) is 31.2 Å². The maximum absolute atomic E-state index is 12.0. The van der Waals surface area contributed by atoms with Crippen LogP contribution in [0.1, 0.15) is 15.9 Å². The van der Waals surface area contributed by atoms with E-state index in [2.05, 4.69) is 0 Å². The molecule has 102 valence electrons. The van der Waals surface area contributed by atoms with Crippen LogP contribution in [-0.4, -0.2) is 10.9 Å². The molecule has 0 unspecified atom stereocenters. The lowest BCUT2D eigenvalue weighted by atomic mass is 10.1. The Kier molecular flexibility index (Phi) is 3.65. The Morgan fingerprint density at radius 2 is 1.95 bits per heavy atom. The van der Waals surface area contributed by atoms with E-state index in [1.165, 1.54) is 12.1 Å². The Morgan fingerprint density at radius 1 is 1.25 bits per heavy atom. The third-order valence-electron chi connectivity index (χ3n) is 2.78. The summed E-state index contributed by atoms with van der Waals surface area (Å²) in [6.07, 6.45) is 0. The lowest BCUT2D eigenvalue weighted by Crippen LogP contribution is -2.11. The minimum atomic E-state index is -0.602. The second-order valence-electron chi connectivity index (χ2n) is 4.18. The van der Waals surface area contributed by atoms with Crippen molar-refractivity contribution in [2.45, 2.75) is 6.92 Å². The predicted molar refractivity (Wildman–Crippen MR) is 73.6 cm³/mol. The quantitative estimate of drug-likeness (QED) is 0.305. The Hall–Kier alpha value is -2.89. The molecule has 0 aliphatic rings. The zero-order valence-corrected chi connectivity index (χ0v) is 10.7. The third-order valence-corrected chi connectivity index (χ3v) is 2.78. The number of carbonyl (C=O) groups is 1. The molecule has 2 N–H and O–H groups in total. The fourth-order valence-electron chi connectivity index (χ4n) is 1.68. The van der Waals surface area contributed by atoms with Crippen molar-refractivity contribution in [2.24, 2.45) is 0 Å². The van der Waals surface area contributed by atoms with E-state index in [9.17, 15) is 14.9 Å². The number of nitrogens with zero attached hydrogens (tertiary/aromatic N) is 1. The van der Waals surface area contributed by atoms with E-state index in [1.807, 2.05) is 0 Å². The SMILES string of the molecule is Cc1ccccc1C(=O)Oc1cc([N+](=O)[O-])ccc1N. The molecule has 0 atom stereocenters. The van der Waals surface area contributed by atoms with Crippen LogP contribution in [0.2, 0.25) is 0 Å². The number of esters is 1. The van der Waals surface area contributed by atoms with Crippen molar-refractivity contribution in [1.82, 2.24) is 0 Å². The van der Waals surface area contributed by atoms with E-state index < -0.39 is 10.9 Å². The summed E-state index contributed by atoms with van der Waals surface area (Å²) in [6, 6.07) is 10.6. The minimum Gasteiger partial charge on any atom is -0.420 e. The van der Waals surface area contributed by atoms with Crippen molar-refractivity contribution in [2.75, 3.05) is 5.73 Å². The summed E-state index contributed by atoms with van der Waals surface area (Å²) < 4.78 is 5.13. The van der Waals surface area contributed by atoms with Gasteiger partial charge < -0.3 is 10.5 Å². The summed E-state index contributed by atoms with van der Waals surface area (Å²) in [7, 11) is 0. The molecule has 0 saturated carbocycles. The number of non-ortho nitro benzene ring substituents is 1. The first-order valence-electron chi connectivity index (χ1n) is 5.81. The van der Waals surface area contributed by atoms with Crippen LogP contribution in [0, 0.1) is 17.0 Å². The number of anilines is 1. The molecule has 0 fully saturated rings. The molecule has 0 radical (unpaired) electrons. The molecule has 20 heavy (non-hydrogen) atoms. The van der Waals surface area contributed by atoms with Crippen LogP contribution in [0.3, 0.4) is 0 Å². The van der Waals surface area contributed by atoms with Crippen LogP contribution in [0.4, 0.5) is 11.4 Å². The van der Waals surface area contributed by atoms with Crippen LogP contribution in [0.5, 0.6) is 5.75 Å². The maximum Gasteiger partial charge on any atom is 0.343 e. The zero-order chi connectivity index (χ0) is 14.7. The number of nitro groups is 1. The van der Waals surface area contributed by atoms with Gasteiger partial charge in [-0.2, -0.15) is 0 Å². The normalized spacial score (nSPS) is 10.1. The summed E-state index contributed by atoms with van der Waals surface area (Å²) in [4.78, 5) is 22.1. The molecular weight excluding hydrogens is 260 g/mol. The average molecular weight is 272 g/mol. The van der Waals surface area contributed by atoms with Gasteiger partial charge in [0.1, 0.15) is 0 Å². The highest BCUT2D eigenvalue weighted by Gasteiger charge is 2.15. The molecule has 0 spiro atoms. The Labute approximate surface area is 114 Å². The topological polar surface area (TPSA) is 95.5 Å². The van der Waals surface area contributed by atoms with Gasteiger partial charge in [-0.05, 0) is 24.6 Å². The Bertz CT molecular complexity index is 683. The van der Waals surface area contributed by atoms with Crippen molar-refractivity contribution >= 4 is 17.3 Å². The summed E-state index contributed by atoms with van der Waals surface area (Å²) in [5.41, 5.74) is 6.77. The monoisotopic (exact) mass is 272 g/mol. The molecule has 2 rings (SSSR count). The fourth-order valence-corrected chi connectivity index (χ4v) is 1.68. The smallest absolute Gasteiger partial charge is 0.343 e. The summed E-state index contributed by atoms with van der Waals surface area (Å²) >= 11 is 0. The molecular formula is C14H12N2O4. The van der Waals surface area contributed by atoms with Gasteiger partial charge in [-0.15, -0.1) is 0 Å². The summed E-state index contributed by atoms with van der Waals surface area (Å²) in [6.45, 7) is 1.77. The zero-order valence-electron chi connectivity index (χ0n) is 10.7. The molecule has 0 aromatic heterocycles. The Morgan fingerprint density at radius 3 is 2.60 bits per heavy atom. The van der Waals surface area contributed by atoms with Gasteiger partial charge in [0, 0.05) is 6.07 Å². The van der Waals surface area contributed by atoms with Crippen molar-refractivity contribution in [1.29, 1.82) is 0 Å². The number of rotatable bonds is 3. The largest absolute Gasteiger partial charge is 0.420 e. The first-order valence-corrected chi connectivity index (χ1v) is 5.81. The lowest BCUT2D eigenvalue weighted by Gasteiger charge is -2.08. The van der Waals surface area contributed by atoms with Crippen LogP contribution >= 0.6 is 0 Å². The third kappa shape index (κ3) is 2.74. The average Bonchev–Trinajstić information content (AvgIpc) is 2.41. The van der Waals surface area contributed by atoms with Gasteiger partial charge in [0.2, 0.25) is 0 Å². The molecule has 2 aromatic carbocycles.